The summed E-state index contributed by atoms with van der Waals surface area (Å²) in [5, 5.41) is 10.5. The molecule has 1 unspecified atom stereocenters. The van der Waals surface area contributed by atoms with Gasteiger partial charge in [0.2, 0.25) is 0 Å². The van der Waals surface area contributed by atoms with E-state index >= 15 is 0 Å². The second-order valence-electron chi connectivity index (χ2n) is 6.68. The Morgan fingerprint density at radius 2 is 1.95 bits per heavy atom. The smallest absolute Gasteiger partial charge is 0.0812 e. The molecule has 0 aliphatic heterocycles. The van der Waals surface area contributed by atoms with Crippen molar-refractivity contribution in [2.75, 3.05) is 0 Å². The molecule has 0 saturated heterocycles. The number of aromatic nitrogens is 1. The third kappa shape index (κ3) is 2.73. The van der Waals surface area contributed by atoms with Crippen molar-refractivity contribution in [3.05, 3.63) is 50.2 Å². The van der Waals surface area contributed by atoms with Gasteiger partial charge in [0.15, 0.2) is 0 Å². The lowest BCUT2D eigenvalue weighted by atomic mass is 9.75. The highest BCUT2D eigenvalue weighted by Crippen LogP contribution is 2.43. The molecule has 3 rings (SSSR count). The van der Waals surface area contributed by atoms with E-state index in [1.807, 2.05) is 0 Å². The molecule has 1 aromatic heterocycles. The van der Waals surface area contributed by atoms with E-state index in [9.17, 15) is 5.11 Å². The molecule has 0 saturated carbocycles. The summed E-state index contributed by atoms with van der Waals surface area (Å²) in [6.07, 6.45) is 1.44. The van der Waals surface area contributed by atoms with Gasteiger partial charge in [-0.15, -0.1) is 0 Å². The normalized spacial score (nSPS) is 20.4. The number of rotatable bonds is 1. The fourth-order valence-electron chi connectivity index (χ4n) is 3.34. The van der Waals surface area contributed by atoms with Gasteiger partial charge in [0.1, 0.15) is 0 Å². The molecule has 21 heavy (non-hydrogen) atoms. The average molecular weight is 413 g/mol. The maximum atomic E-state index is 10.5. The number of aryl methyl sites for hydroxylation is 1. The Bertz CT molecular complexity index is 703. The van der Waals surface area contributed by atoms with Gasteiger partial charge < -0.3 is 9.67 Å². The first-order valence-corrected chi connectivity index (χ1v) is 8.72. The molecule has 0 radical (unpaired) electrons. The van der Waals surface area contributed by atoms with Crippen molar-refractivity contribution in [3.8, 4) is 5.69 Å². The minimum atomic E-state index is -0.363. The van der Waals surface area contributed by atoms with E-state index in [1.165, 1.54) is 11.4 Å². The summed E-state index contributed by atoms with van der Waals surface area (Å²) < 4.78 is 4.38. The van der Waals surface area contributed by atoms with Gasteiger partial charge in [-0.05, 0) is 65.4 Å². The SMILES string of the molecule is Cc1cc2c(n1-c1ccc(Br)cc1Br)CC(C)(C)CC2O. The average Bonchev–Trinajstić information content (AvgIpc) is 2.65. The molecule has 1 aliphatic rings. The number of benzene rings is 1. The van der Waals surface area contributed by atoms with Crippen molar-refractivity contribution in [2.24, 2.45) is 5.41 Å². The number of nitrogens with zero attached hydrogens (tertiary/aromatic N) is 1. The van der Waals surface area contributed by atoms with E-state index in [0.29, 0.717) is 0 Å². The maximum Gasteiger partial charge on any atom is 0.0812 e. The molecule has 0 amide bonds. The first-order chi connectivity index (χ1) is 9.78. The zero-order chi connectivity index (χ0) is 15.4. The molecule has 4 heteroatoms. The van der Waals surface area contributed by atoms with Crippen LogP contribution in [-0.4, -0.2) is 9.67 Å². The first kappa shape index (κ1) is 15.3. The summed E-state index contributed by atoms with van der Waals surface area (Å²) in [5.74, 6) is 0. The molecule has 2 aromatic rings. The van der Waals surface area contributed by atoms with Crippen molar-refractivity contribution in [2.45, 2.75) is 39.7 Å². The Labute approximate surface area is 142 Å². The fraction of sp³-hybridized carbons (Fsp3) is 0.412. The second-order valence-corrected chi connectivity index (χ2v) is 8.45. The highest BCUT2D eigenvalue weighted by atomic mass is 79.9. The van der Waals surface area contributed by atoms with Crippen LogP contribution in [0, 0.1) is 12.3 Å². The van der Waals surface area contributed by atoms with Crippen molar-refractivity contribution in [3.63, 3.8) is 0 Å². The van der Waals surface area contributed by atoms with E-state index in [0.717, 1.165) is 33.0 Å². The van der Waals surface area contributed by atoms with Gasteiger partial charge in [-0.2, -0.15) is 0 Å². The minimum Gasteiger partial charge on any atom is -0.388 e. The van der Waals surface area contributed by atoms with Crippen LogP contribution in [0.25, 0.3) is 5.69 Å². The summed E-state index contributed by atoms with van der Waals surface area (Å²) in [6.45, 7) is 6.55. The van der Waals surface area contributed by atoms with Crippen LogP contribution in [-0.2, 0) is 6.42 Å². The van der Waals surface area contributed by atoms with Crippen LogP contribution < -0.4 is 0 Å². The summed E-state index contributed by atoms with van der Waals surface area (Å²) in [7, 11) is 0. The summed E-state index contributed by atoms with van der Waals surface area (Å²) >= 11 is 7.16. The third-order valence-corrected chi connectivity index (χ3v) is 5.35. The Kier molecular flexibility index (Phi) is 3.83. The van der Waals surface area contributed by atoms with Gasteiger partial charge in [-0.25, -0.2) is 0 Å². The molecule has 2 nitrogen and oxygen atoms in total. The molecule has 0 fully saturated rings. The highest BCUT2D eigenvalue weighted by molar-refractivity contribution is 9.11. The Morgan fingerprint density at radius 1 is 1.24 bits per heavy atom. The monoisotopic (exact) mass is 411 g/mol. The van der Waals surface area contributed by atoms with E-state index in [4.69, 9.17) is 0 Å². The van der Waals surface area contributed by atoms with Crippen molar-refractivity contribution in [1.82, 2.24) is 4.57 Å². The van der Waals surface area contributed by atoms with Gasteiger partial charge in [0.25, 0.3) is 0 Å². The molecule has 1 aromatic carbocycles. The lowest BCUT2D eigenvalue weighted by molar-refractivity contribution is 0.0987. The zero-order valence-electron chi connectivity index (χ0n) is 12.5. The lowest BCUT2D eigenvalue weighted by Crippen LogP contribution is -2.26. The number of hydrogen-bond acceptors (Lipinski definition) is 1. The molecule has 1 heterocycles. The number of aliphatic hydroxyl groups excluding tert-OH is 1. The third-order valence-electron chi connectivity index (χ3n) is 4.22. The lowest BCUT2D eigenvalue weighted by Gasteiger charge is -2.34. The van der Waals surface area contributed by atoms with Gasteiger partial charge in [0, 0.05) is 25.9 Å². The standard InChI is InChI=1S/C17H19Br2NO/c1-10-6-12-15(8-17(2,3)9-16(12)21)20(10)14-5-4-11(18)7-13(14)19/h4-7,16,21H,8-9H2,1-3H3. The summed E-state index contributed by atoms with van der Waals surface area (Å²) in [4.78, 5) is 0. The van der Waals surface area contributed by atoms with Gasteiger partial charge in [-0.3, -0.25) is 0 Å². The van der Waals surface area contributed by atoms with Gasteiger partial charge in [-0.1, -0.05) is 29.8 Å². The zero-order valence-corrected chi connectivity index (χ0v) is 15.6. The number of aliphatic hydroxyl groups is 1. The number of hydrogen-bond donors (Lipinski definition) is 1. The van der Waals surface area contributed by atoms with E-state index in [-0.39, 0.29) is 11.5 Å². The Hall–Kier alpha value is -0.580. The van der Waals surface area contributed by atoms with Gasteiger partial charge in [0.05, 0.1) is 11.8 Å². The van der Waals surface area contributed by atoms with Crippen LogP contribution in [0.3, 0.4) is 0 Å². The second kappa shape index (κ2) is 5.25. The van der Waals surface area contributed by atoms with Gasteiger partial charge >= 0.3 is 0 Å². The molecular formula is C17H19Br2NO. The quantitative estimate of drug-likeness (QED) is 0.673. The Balaban J connectivity index is 2.21. The minimum absolute atomic E-state index is 0.122. The predicted molar refractivity (Wildman–Crippen MR) is 93.0 cm³/mol. The molecule has 1 atom stereocenters. The summed E-state index contributed by atoms with van der Waals surface area (Å²) in [6, 6.07) is 8.35. The molecule has 0 spiro atoms. The maximum absolute atomic E-state index is 10.5. The van der Waals surface area contributed by atoms with Crippen LogP contribution in [0.15, 0.2) is 33.2 Å². The van der Waals surface area contributed by atoms with Crippen molar-refractivity contribution >= 4 is 31.9 Å². The van der Waals surface area contributed by atoms with E-state index in [2.05, 4.69) is 81.5 Å². The van der Waals surface area contributed by atoms with Crippen LogP contribution in [0.5, 0.6) is 0 Å². The Morgan fingerprint density at radius 3 is 2.62 bits per heavy atom. The number of halogens is 2. The largest absolute Gasteiger partial charge is 0.388 e. The molecule has 1 N–H and O–H groups in total. The molecular weight excluding hydrogens is 394 g/mol. The summed E-state index contributed by atoms with van der Waals surface area (Å²) in [5.41, 5.74) is 4.74. The van der Waals surface area contributed by atoms with Crippen LogP contribution in [0.1, 0.15) is 43.3 Å². The van der Waals surface area contributed by atoms with E-state index < -0.39 is 0 Å². The molecule has 0 bridgehead atoms. The van der Waals surface area contributed by atoms with Crippen LogP contribution >= 0.6 is 31.9 Å². The highest BCUT2D eigenvalue weighted by Gasteiger charge is 2.34. The van der Waals surface area contributed by atoms with Crippen LogP contribution in [0.4, 0.5) is 0 Å². The molecule has 1 aliphatic carbocycles. The fourth-order valence-corrected chi connectivity index (χ4v) is 4.57. The van der Waals surface area contributed by atoms with Crippen molar-refractivity contribution < 1.29 is 5.11 Å². The number of fused-ring (bicyclic) bond motifs is 1. The first-order valence-electron chi connectivity index (χ1n) is 7.13. The molecule has 112 valence electrons. The van der Waals surface area contributed by atoms with E-state index in [1.54, 1.807) is 0 Å². The van der Waals surface area contributed by atoms with Crippen molar-refractivity contribution in [1.29, 1.82) is 0 Å². The van der Waals surface area contributed by atoms with Crippen LogP contribution in [0.2, 0.25) is 0 Å². The predicted octanol–water partition coefficient (Wildman–Crippen LogP) is 5.32. The topological polar surface area (TPSA) is 25.2 Å².